The third-order valence-electron chi connectivity index (χ3n) is 4.12. The van der Waals surface area contributed by atoms with E-state index >= 15 is 0 Å². The highest BCUT2D eigenvalue weighted by molar-refractivity contribution is 9.10. The average Bonchev–Trinajstić information content (AvgIpc) is 2.39. The van der Waals surface area contributed by atoms with E-state index in [1.807, 2.05) is 0 Å². The van der Waals surface area contributed by atoms with Crippen LogP contribution in [0.4, 0.5) is 0 Å². The molecular weight excluding hydrogens is 288 g/mol. The predicted molar refractivity (Wildman–Crippen MR) is 82.7 cm³/mol. The molecule has 0 amide bonds. The van der Waals surface area contributed by atoms with E-state index in [4.69, 9.17) is 11.5 Å². The summed E-state index contributed by atoms with van der Waals surface area (Å²) in [6.45, 7) is 8.00. The van der Waals surface area contributed by atoms with E-state index < -0.39 is 0 Å². The number of aryl methyl sites for hydroxylation is 1. The summed E-state index contributed by atoms with van der Waals surface area (Å²) in [6.07, 6.45) is 1.05. The summed E-state index contributed by atoms with van der Waals surface area (Å²) in [6, 6.07) is 6.68. The van der Waals surface area contributed by atoms with Crippen molar-refractivity contribution in [3.63, 3.8) is 0 Å². The number of nitrogens with two attached hydrogens (primary N) is 2. The van der Waals surface area contributed by atoms with Crippen LogP contribution in [-0.2, 0) is 6.42 Å². The van der Waals surface area contributed by atoms with E-state index in [0.717, 1.165) is 6.42 Å². The van der Waals surface area contributed by atoms with Gasteiger partial charge in [0.25, 0.3) is 0 Å². The normalized spacial score (nSPS) is 14.8. The van der Waals surface area contributed by atoms with Gasteiger partial charge in [-0.05, 0) is 54.5 Å². The molecule has 1 rings (SSSR count). The summed E-state index contributed by atoms with van der Waals surface area (Å²) >= 11 is 3.65. The minimum Gasteiger partial charge on any atom is -0.330 e. The van der Waals surface area contributed by atoms with Crippen molar-refractivity contribution >= 4 is 15.9 Å². The Bertz CT molecular complexity index is 375. The van der Waals surface area contributed by atoms with Crippen LogP contribution in [0.1, 0.15) is 37.8 Å². The van der Waals surface area contributed by atoms with Gasteiger partial charge in [0.05, 0.1) is 0 Å². The van der Waals surface area contributed by atoms with Crippen LogP contribution in [-0.4, -0.2) is 13.1 Å². The van der Waals surface area contributed by atoms with Crippen LogP contribution >= 0.6 is 15.9 Å². The SMILES string of the molecule is CCc1ccc(C(C)C(C)C(CN)CN)cc1Br. The molecule has 2 nitrogen and oxygen atoms in total. The third kappa shape index (κ3) is 3.56. The topological polar surface area (TPSA) is 52.0 Å². The van der Waals surface area contributed by atoms with E-state index in [1.54, 1.807) is 0 Å². The van der Waals surface area contributed by atoms with Crippen molar-refractivity contribution in [2.75, 3.05) is 13.1 Å². The van der Waals surface area contributed by atoms with Crippen molar-refractivity contribution in [2.24, 2.45) is 23.3 Å². The molecule has 0 saturated carbocycles. The van der Waals surface area contributed by atoms with Gasteiger partial charge in [0.15, 0.2) is 0 Å². The van der Waals surface area contributed by atoms with Gasteiger partial charge >= 0.3 is 0 Å². The highest BCUT2D eigenvalue weighted by Crippen LogP contribution is 2.31. The van der Waals surface area contributed by atoms with Crippen molar-refractivity contribution in [3.05, 3.63) is 33.8 Å². The zero-order valence-electron chi connectivity index (χ0n) is 11.6. The van der Waals surface area contributed by atoms with E-state index in [-0.39, 0.29) is 0 Å². The molecular formula is C15H25BrN2. The van der Waals surface area contributed by atoms with Gasteiger partial charge in [-0.1, -0.05) is 48.8 Å². The molecule has 0 spiro atoms. The summed E-state index contributed by atoms with van der Waals surface area (Å²) < 4.78 is 1.21. The lowest BCUT2D eigenvalue weighted by Crippen LogP contribution is -2.31. The lowest BCUT2D eigenvalue weighted by atomic mass is 9.80. The van der Waals surface area contributed by atoms with Gasteiger partial charge in [0.1, 0.15) is 0 Å². The second-order valence-electron chi connectivity index (χ2n) is 5.08. The summed E-state index contributed by atoms with van der Waals surface area (Å²) in [5.74, 6) is 1.37. The maximum Gasteiger partial charge on any atom is 0.0210 e. The molecule has 0 fully saturated rings. The van der Waals surface area contributed by atoms with Gasteiger partial charge < -0.3 is 11.5 Å². The van der Waals surface area contributed by atoms with Gasteiger partial charge in [-0.25, -0.2) is 0 Å². The summed E-state index contributed by atoms with van der Waals surface area (Å²) in [5.41, 5.74) is 14.3. The zero-order chi connectivity index (χ0) is 13.7. The molecule has 0 aliphatic heterocycles. The van der Waals surface area contributed by atoms with E-state index in [0.29, 0.717) is 30.8 Å². The summed E-state index contributed by atoms with van der Waals surface area (Å²) in [4.78, 5) is 0. The minimum atomic E-state index is 0.393. The van der Waals surface area contributed by atoms with E-state index in [2.05, 4.69) is 54.9 Å². The molecule has 18 heavy (non-hydrogen) atoms. The third-order valence-corrected chi connectivity index (χ3v) is 4.86. The van der Waals surface area contributed by atoms with Crippen LogP contribution in [0.25, 0.3) is 0 Å². The van der Waals surface area contributed by atoms with Crippen molar-refractivity contribution in [3.8, 4) is 0 Å². The second-order valence-corrected chi connectivity index (χ2v) is 5.94. The molecule has 0 aromatic heterocycles. The van der Waals surface area contributed by atoms with Crippen molar-refractivity contribution in [1.29, 1.82) is 0 Å². The number of rotatable bonds is 6. The van der Waals surface area contributed by atoms with Crippen LogP contribution < -0.4 is 11.5 Å². The standard InChI is InChI=1S/C15H25BrN2/c1-4-12-5-6-13(7-15(12)16)10(2)11(3)14(8-17)9-18/h5-7,10-11,14H,4,8-9,17-18H2,1-3H3. The molecule has 3 heteroatoms. The summed E-state index contributed by atoms with van der Waals surface area (Å²) in [5, 5.41) is 0. The Kier molecular flexibility index (Phi) is 6.33. The van der Waals surface area contributed by atoms with Crippen molar-refractivity contribution < 1.29 is 0 Å². The number of benzene rings is 1. The number of halogens is 1. The fraction of sp³-hybridized carbons (Fsp3) is 0.600. The zero-order valence-corrected chi connectivity index (χ0v) is 13.2. The van der Waals surface area contributed by atoms with Gasteiger partial charge in [0, 0.05) is 4.47 Å². The molecule has 0 saturated heterocycles. The molecule has 2 unspecified atom stereocenters. The van der Waals surface area contributed by atoms with Crippen molar-refractivity contribution in [1.82, 2.24) is 0 Å². The Morgan fingerprint density at radius 3 is 2.22 bits per heavy atom. The highest BCUT2D eigenvalue weighted by Gasteiger charge is 2.22. The van der Waals surface area contributed by atoms with Crippen LogP contribution in [0.5, 0.6) is 0 Å². The lowest BCUT2D eigenvalue weighted by molar-refractivity contribution is 0.328. The van der Waals surface area contributed by atoms with Gasteiger partial charge in [-0.15, -0.1) is 0 Å². The van der Waals surface area contributed by atoms with E-state index in [1.165, 1.54) is 15.6 Å². The minimum absolute atomic E-state index is 0.393. The Hall–Kier alpha value is -0.380. The first-order valence-corrected chi connectivity index (χ1v) is 7.52. The molecule has 102 valence electrons. The molecule has 2 atom stereocenters. The van der Waals surface area contributed by atoms with Crippen LogP contribution in [0.3, 0.4) is 0 Å². The smallest absolute Gasteiger partial charge is 0.0210 e. The molecule has 0 aliphatic rings. The molecule has 1 aromatic carbocycles. The summed E-state index contributed by atoms with van der Waals surface area (Å²) in [7, 11) is 0. The van der Waals surface area contributed by atoms with Crippen molar-refractivity contribution in [2.45, 2.75) is 33.1 Å². The first kappa shape index (κ1) is 15.7. The quantitative estimate of drug-likeness (QED) is 0.847. The van der Waals surface area contributed by atoms with Crippen LogP contribution in [0.2, 0.25) is 0 Å². The Morgan fingerprint density at radius 2 is 1.78 bits per heavy atom. The maximum absolute atomic E-state index is 5.79. The Morgan fingerprint density at radius 1 is 1.17 bits per heavy atom. The molecule has 1 aromatic rings. The van der Waals surface area contributed by atoms with Crippen LogP contribution in [0, 0.1) is 11.8 Å². The first-order valence-electron chi connectivity index (χ1n) is 6.73. The van der Waals surface area contributed by atoms with Crippen LogP contribution in [0.15, 0.2) is 22.7 Å². The fourth-order valence-electron chi connectivity index (χ4n) is 2.37. The van der Waals surface area contributed by atoms with Gasteiger partial charge in [-0.2, -0.15) is 0 Å². The van der Waals surface area contributed by atoms with Gasteiger partial charge in [0.2, 0.25) is 0 Å². The molecule has 0 radical (unpaired) electrons. The van der Waals surface area contributed by atoms with Gasteiger partial charge in [-0.3, -0.25) is 0 Å². The van der Waals surface area contributed by atoms with E-state index in [9.17, 15) is 0 Å². The largest absolute Gasteiger partial charge is 0.330 e. The highest BCUT2D eigenvalue weighted by atomic mass is 79.9. The molecule has 4 N–H and O–H groups in total. The maximum atomic E-state index is 5.79. The Labute approximate surface area is 119 Å². The average molecular weight is 313 g/mol. The number of hydrogen-bond acceptors (Lipinski definition) is 2. The number of hydrogen-bond donors (Lipinski definition) is 2. The second kappa shape index (κ2) is 7.27. The predicted octanol–water partition coefficient (Wildman–Crippen LogP) is 3.28. The lowest BCUT2D eigenvalue weighted by Gasteiger charge is -2.27. The Balaban J connectivity index is 2.89. The molecule has 0 aliphatic carbocycles. The fourth-order valence-corrected chi connectivity index (χ4v) is 3.05. The molecule has 0 bridgehead atoms. The monoisotopic (exact) mass is 312 g/mol. The molecule has 0 heterocycles. The first-order chi connectivity index (χ1) is 8.54.